The van der Waals surface area contributed by atoms with Crippen LogP contribution < -0.4 is 0 Å². The van der Waals surface area contributed by atoms with E-state index in [1.54, 1.807) is 0 Å². The Morgan fingerprint density at radius 2 is 1.85 bits per heavy atom. The van der Waals surface area contributed by atoms with Gasteiger partial charge in [0.2, 0.25) is 5.91 Å². The van der Waals surface area contributed by atoms with Gasteiger partial charge < -0.3 is 9.64 Å². The molecular formula is C13H13F4NO2. The van der Waals surface area contributed by atoms with Crippen LogP contribution in [0, 0.1) is 5.82 Å². The molecule has 3 nitrogen and oxygen atoms in total. The number of carbonyl (C=O) groups excluding carboxylic acids is 1. The zero-order valence-corrected chi connectivity index (χ0v) is 10.7. The number of nitrogens with zero attached hydrogens (tertiary/aromatic N) is 1. The second kappa shape index (κ2) is 5.05. The highest BCUT2D eigenvalue weighted by molar-refractivity contribution is 5.74. The topological polar surface area (TPSA) is 29.5 Å². The lowest BCUT2D eigenvalue weighted by Gasteiger charge is -2.49. The van der Waals surface area contributed by atoms with Gasteiger partial charge in [-0.15, -0.1) is 0 Å². The molecule has 0 spiro atoms. The average Bonchev–Trinajstić information content (AvgIpc) is 2.27. The van der Waals surface area contributed by atoms with Crippen LogP contribution in [-0.2, 0) is 16.1 Å². The quantitative estimate of drug-likeness (QED) is 0.801. The third kappa shape index (κ3) is 2.49. The van der Waals surface area contributed by atoms with Crippen molar-refractivity contribution >= 4 is 5.91 Å². The van der Waals surface area contributed by atoms with Gasteiger partial charge in [0.05, 0.1) is 13.2 Å². The molecule has 1 saturated heterocycles. The van der Waals surface area contributed by atoms with Crippen LogP contribution in [0.5, 0.6) is 0 Å². The highest BCUT2D eigenvalue weighted by Gasteiger charge is 2.64. The molecule has 0 radical (unpaired) electrons. The summed E-state index contributed by atoms with van der Waals surface area (Å²) in [4.78, 5) is 12.3. The summed E-state index contributed by atoms with van der Waals surface area (Å²) in [5.41, 5.74) is -1.86. The molecule has 1 heterocycles. The Balaban J connectivity index is 2.27. The molecule has 1 fully saturated rings. The molecule has 1 aromatic rings. The van der Waals surface area contributed by atoms with Gasteiger partial charge in [-0.25, -0.2) is 4.39 Å². The lowest BCUT2D eigenvalue weighted by molar-refractivity contribution is -0.302. The number of carbonyl (C=O) groups is 1. The van der Waals surface area contributed by atoms with E-state index in [-0.39, 0.29) is 6.54 Å². The average molecular weight is 291 g/mol. The van der Waals surface area contributed by atoms with E-state index >= 15 is 0 Å². The first kappa shape index (κ1) is 14.8. The molecule has 0 aromatic heterocycles. The Hall–Kier alpha value is -1.63. The lowest BCUT2D eigenvalue weighted by Crippen LogP contribution is -2.71. The fourth-order valence-electron chi connectivity index (χ4n) is 2.10. The van der Waals surface area contributed by atoms with Crippen LogP contribution in [0.3, 0.4) is 0 Å². The molecule has 1 aromatic carbocycles. The molecule has 0 saturated carbocycles. The zero-order valence-electron chi connectivity index (χ0n) is 10.7. The Bertz CT molecular complexity index is 494. The summed E-state index contributed by atoms with van der Waals surface area (Å²) in [6, 6.07) is 5.00. The maximum atomic E-state index is 13.2. The molecule has 2 rings (SSSR count). The summed E-state index contributed by atoms with van der Waals surface area (Å²) in [5.74, 6) is -1.18. The second-order valence-electron chi connectivity index (χ2n) is 4.75. The Morgan fingerprint density at radius 1 is 1.30 bits per heavy atom. The van der Waals surface area contributed by atoms with Crippen molar-refractivity contribution in [1.82, 2.24) is 4.90 Å². The summed E-state index contributed by atoms with van der Waals surface area (Å²) in [6.45, 7) is -0.303. The largest absolute Gasteiger partial charge is 0.416 e. The molecule has 1 aliphatic heterocycles. The number of amides is 1. The first-order valence-corrected chi connectivity index (χ1v) is 5.93. The predicted octanol–water partition coefficient (Wildman–Crippen LogP) is 2.51. The molecule has 110 valence electrons. The number of ether oxygens (including phenoxy) is 1. The lowest BCUT2D eigenvalue weighted by atomic mass is 9.93. The van der Waals surface area contributed by atoms with Crippen LogP contribution in [-0.4, -0.2) is 35.7 Å². The van der Waals surface area contributed by atoms with Crippen LogP contribution >= 0.6 is 0 Å². The number of alkyl halides is 3. The molecule has 1 amide bonds. The summed E-state index contributed by atoms with van der Waals surface area (Å²) in [7, 11) is 0. The summed E-state index contributed by atoms with van der Waals surface area (Å²) >= 11 is 0. The minimum absolute atomic E-state index is 0.238. The van der Waals surface area contributed by atoms with E-state index in [0.29, 0.717) is 5.56 Å². The van der Waals surface area contributed by atoms with Crippen molar-refractivity contribution in [3.63, 3.8) is 0 Å². The molecule has 0 bridgehead atoms. The molecule has 1 aliphatic rings. The summed E-state index contributed by atoms with van der Waals surface area (Å²) < 4.78 is 57.1. The fraction of sp³-hybridized carbons (Fsp3) is 0.462. The molecule has 0 N–H and O–H groups in total. The van der Waals surface area contributed by atoms with Crippen LogP contribution in [0.15, 0.2) is 24.3 Å². The third-order valence-electron chi connectivity index (χ3n) is 3.36. The van der Waals surface area contributed by atoms with Gasteiger partial charge in [0.15, 0.2) is 5.54 Å². The molecule has 20 heavy (non-hydrogen) atoms. The number of rotatable bonds is 3. The zero-order chi connectivity index (χ0) is 15.0. The Labute approximate surface area is 113 Å². The van der Waals surface area contributed by atoms with E-state index in [1.165, 1.54) is 12.1 Å². The van der Waals surface area contributed by atoms with E-state index in [0.717, 1.165) is 24.0 Å². The third-order valence-corrected chi connectivity index (χ3v) is 3.36. The van der Waals surface area contributed by atoms with Gasteiger partial charge >= 0.3 is 6.18 Å². The Kier molecular flexibility index (Phi) is 3.73. The van der Waals surface area contributed by atoms with Crippen LogP contribution in [0.4, 0.5) is 17.6 Å². The Morgan fingerprint density at radius 3 is 2.20 bits per heavy atom. The molecular weight excluding hydrogens is 278 g/mol. The van der Waals surface area contributed by atoms with Crippen molar-refractivity contribution in [2.45, 2.75) is 25.2 Å². The van der Waals surface area contributed by atoms with Gasteiger partial charge in [0, 0.05) is 13.5 Å². The summed E-state index contributed by atoms with van der Waals surface area (Å²) in [6.07, 6.45) is -4.57. The van der Waals surface area contributed by atoms with E-state index in [1.807, 2.05) is 0 Å². The number of hydrogen-bond donors (Lipinski definition) is 0. The monoisotopic (exact) mass is 291 g/mol. The van der Waals surface area contributed by atoms with Crippen LogP contribution in [0.2, 0.25) is 0 Å². The molecule has 0 atom stereocenters. The highest BCUT2D eigenvalue weighted by Crippen LogP contribution is 2.42. The highest BCUT2D eigenvalue weighted by atomic mass is 19.4. The standard InChI is InChI=1S/C13H13F4NO2/c1-9(19)18(6-10-2-4-11(14)5-3-10)12(7-20-8-12)13(15,16)17/h2-5H,6-8H2,1H3. The number of halogens is 4. The number of hydrogen-bond acceptors (Lipinski definition) is 2. The minimum atomic E-state index is -4.57. The van der Waals surface area contributed by atoms with Crippen LogP contribution in [0.1, 0.15) is 12.5 Å². The fourth-order valence-corrected chi connectivity index (χ4v) is 2.10. The predicted molar refractivity (Wildman–Crippen MR) is 62.2 cm³/mol. The van der Waals surface area contributed by atoms with E-state index in [2.05, 4.69) is 4.74 Å². The molecule has 7 heteroatoms. The first-order chi connectivity index (χ1) is 9.26. The minimum Gasteiger partial charge on any atom is -0.376 e. The van der Waals surface area contributed by atoms with Crippen molar-refractivity contribution in [3.8, 4) is 0 Å². The van der Waals surface area contributed by atoms with Crippen molar-refractivity contribution in [3.05, 3.63) is 35.6 Å². The maximum Gasteiger partial charge on any atom is 0.416 e. The van der Waals surface area contributed by atoms with Crippen LogP contribution in [0.25, 0.3) is 0 Å². The van der Waals surface area contributed by atoms with Crippen molar-refractivity contribution in [2.24, 2.45) is 0 Å². The normalized spacial score (nSPS) is 17.4. The van der Waals surface area contributed by atoms with Crippen molar-refractivity contribution < 1.29 is 27.1 Å². The van der Waals surface area contributed by atoms with E-state index < -0.39 is 36.7 Å². The van der Waals surface area contributed by atoms with Gasteiger partial charge in [-0.1, -0.05) is 12.1 Å². The SMILES string of the molecule is CC(=O)N(Cc1ccc(F)cc1)C1(C(F)(F)F)COC1. The molecule has 0 aliphatic carbocycles. The van der Waals surface area contributed by atoms with Gasteiger partial charge in [-0.3, -0.25) is 4.79 Å². The maximum absolute atomic E-state index is 13.2. The van der Waals surface area contributed by atoms with E-state index in [9.17, 15) is 22.4 Å². The molecule has 0 unspecified atom stereocenters. The smallest absolute Gasteiger partial charge is 0.376 e. The second-order valence-corrected chi connectivity index (χ2v) is 4.75. The van der Waals surface area contributed by atoms with Crippen molar-refractivity contribution in [2.75, 3.05) is 13.2 Å². The van der Waals surface area contributed by atoms with Gasteiger partial charge in [0.1, 0.15) is 5.82 Å². The van der Waals surface area contributed by atoms with Gasteiger partial charge in [-0.05, 0) is 17.7 Å². The van der Waals surface area contributed by atoms with Crippen molar-refractivity contribution in [1.29, 1.82) is 0 Å². The first-order valence-electron chi connectivity index (χ1n) is 5.93. The van der Waals surface area contributed by atoms with Gasteiger partial charge in [0.25, 0.3) is 0 Å². The van der Waals surface area contributed by atoms with Gasteiger partial charge in [-0.2, -0.15) is 13.2 Å². The number of benzene rings is 1. The van der Waals surface area contributed by atoms with E-state index in [4.69, 9.17) is 0 Å². The summed E-state index contributed by atoms with van der Waals surface area (Å²) in [5, 5.41) is 0.